The minimum absolute atomic E-state index is 0.148. The van der Waals surface area contributed by atoms with Gasteiger partial charge in [0, 0.05) is 5.41 Å². The largest absolute Gasteiger partial charge is 0.139 e. The lowest BCUT2D eigenvalue weighted by Gasteiger charge is -2.33. The van der Waals surface area contributed by atoms with Crippen LogP contribution in [0.1, 0.15) is 49.7 Å². The summed E-state index contributed by atoms with van der Waals surface area (Å²) in [6.45, 7) is 7.85. The van der Waals surface area contributed by atoms with Crippen LogP contribution in [-0.4, -0.2) is 15.7 Å². The third-order valence-electron chi connectivity index (χ3n) is 5.70. The molecule has 25 heavy (non-hydrogen) atoms. The second-order valence-corrected chi connectivity index (χ2v) is 7.54. The molecule has 0 nitrogen and oxygen atoms in total. The summed E-state index contributed by atoms with van der Waals surface area (Å²) in [6, 6.07) is 14.1. The van der Waals surface area contributed by atoms with Gasteiger partial charge in [-0.25, -0.2) is 0 Å². The number of hydrogen-bond acceptors (Lipinski definition) is 0. The first-order valence-corrected chi connectivity index (χ1v) is 9.57. The summed E-state index contributed by atoms with van der Waals surface area (Å²) in [5.74, 6) is 0. The predicted molar refractivity (Wildman–Crippen MR) is 117 cm³/mol. The van der Waals surface area contributed by atoms with Gasteiger partial charge in [0.25, 0.3) is 0 Å². The van der Waals surface area contributed by atoms with Gasteiger partial charge in [0.1, 0.15) is 15.7 Å². The van der Waals surface area contributed by atoms with Crippen molar-refractivity contribution >= 4 is 26.6 Å². The zero-order valence-electron chi connectivity index (χ0n) is 15.8. The van der Waals surface area contributed by atoms with E-state index < -0.39 is 0 Å². The minimum Gasteiger partial charge on any atom is -0.103 e. The van der Waals surface area contributed by atoms with Crippen LogP contribution in [0.15, 0.2) is 61.7 Å². The fourth-order valence-electron chi connectivity index (χ4n) is 4.48. The molecule has 2 aromatic rings. The van der Waals surface area contributed by atoms with Crippen LogP contribution >= 0.6 is 0 Å². The Balaban J connectivity index is 2.16. The molecular weight excluding hydrogens is 298 g/mol. The quantitative estimate of drug-likeness (QED) is 0.397. The van der Waals surface area contributed by atoms with Crippen LogP contribution in [0.3, 0.4) is 0 Å². The second kappa shape index (κ2) is 7.52. The highest BCUT2D eigenvalue weighted by molar-refractivity contribution is 6.33. The monoisotopic (exact) mass is 326 g/mol. The van der Waals surface area contributed by atoms with Gasteiger partial charge in [0.05, 0.1) is 0 Å². The molecule has 1 aliphatic carbocycles. The van der Waals surface area contributed by atoms with E-state index >= 15 is 0 Å². The fourth-order valence-corrected chi connectivity index (χ4v) is 4.48. The Labute approximate surface area is 154 Å². The number of allylic oxidation sites excluding steroid dienone is 2. The van der Waals surface area contributed by atoms with E-state index in [9.17, 15) is 0 Å². The van der Waals surface area contributed by atoms with E-state index in [1.807, 2.05) is 0 Å². The van der Waals surface area contributed by atoms with Crippen LogP contribution in [0.5, 0.6) is 0 Å². The molecule has 0 unspecified atom stereocenters. The van der Waals surface area contributed by atoms with Gasteiger partial charge in [-0.2, -0.15) is 0 Å². The van der Waals surface area contributed by atoms with Gasteiger partial charge in [0.15, 0.2) is 0 Å². The number of hydrogen-bond donors (Lipinski definition) is 0. The molecule has 0 aliphatic heterocycles. The van der Waals surface area contributed by atoms with Crippen LogP contribution < -0.4 is 10.9 Å². The molecule has 126 valence electrons. The average Bonchev–Trinajstić information content (AvgIpc) is 2.85. The Morgan fingerprint density at radius 2 is 1.20 bits per heavy atom. The molecule has 0 N–H and O–H groups in total. The predicted octanol–water partition coefficient (Wildman–Crippen LogP) is 3.18. The van der Waals surface area contributed by atoms with E-state index in [-0.39, 0.29) is 5.41 Å². The topological polar surface area (TPSA) is 0 Å². The van der Waals surface area contributed by atoms with Gasteiger partial charge in [-0.05, 0) is 60.8 Å². The lowest BCUT2D eigenvalue weighted by Crippen LogP contribution is -2.27. The van der Waals surface area contributed by atoms with Gasteiger partial charge in [-0.1, -0.05) is 59.5 Å². The van der Waals surface area contributed by atoms with Crippen molar-refractivity contribution in [3.8, 4) is 11.1 Å². The standard InChI is InChI=1S/C23H28B2/c1-3-5-7-13-23(14-8-6-4-2)21-15-17(24)9-11-19(21)20-12-10-18(25)16-22(20)23/h3-4,9-12,15-16H,1-2,5-8,13-14,24-25H2. The van der Waals surface area contributed by atoms with Gasteiger partial charge >= 0.3 is 0 Å². The van der Waals surface area contributed by atoms with E-state index in [4.69, 9.17) is 0 Å². The van der Waals surface area contributed by atoms with Crippen LogP contribution in [0, 0.1) is 0 Å². The molecule has 0 bridgehead atoms. The molecule has 0 heterocycles. The SMILES string of the molecule is Bc1ccc2c(c1)C(CCCC=C)(CCCC=C)c1cc(B)ccc1-2. The van der Waals surface area contributed by atoms with Gasteiger partial charge < -0.3 is 0 Å². The molecule has 0 atom stereocenters. The Kier molecular flexibility index (Phi) is 5.37. The molecule has 0 amide bonds. The van der Waals surface area contributed by atoms with Gasteiger partial charge in [-0.3, -0.25) is 0 Å². The van der Waals surface area contributed by atoms with E-state index in [0.717, 1.165) is 12.8 Å². The van der Waals surface area contributed by atoms with Crippen molar-refractivity contribution in [2.75, 3.05) is 0 Å². The molecule has 0 saturated heterocycles. The van der Waals surface area contributed by atoms with Crippen molar-refractivity contribution in [1.82, 2.24) is 0 Å². The summed E-state index contributed by atoms with van der Waals surface area (Å²) in [6.07, 6.45) is 11.1. The Hall–Kier alpha value is -1.95. The molecule has 1 aliphatic rings. The van der Waals surface area contributed by atoms with Crippen molar-refractivity contribution in [1.29, 1.82) is 0 Å². The second-order valence-electron chi connectivity index (χ2n) is 7.54. The average molecular weight is 326 g/mol. The molecule has 2 heteroatoms. The number of rotatable bonds is 8. The van der Waals surface area contributed by atoms with Crippen molar-refractivity contribution in [2.45, 2.75) is 43.9 Å². The van der Waals surface area contributed by atoms with E-state index in [1.54, 1.807) is 11.1 Å². The first kappa shape index (κ1) is 17.9. The van der Waals surface area contributed by atoms with Crippen molar-refractivity contribution in [3.63, 3.8) is 0 Å². The smallest absolute Gasteiger partial charge is 0.103 e. The molecule has 0 radical (unpaired) electrons. The van der Waals surface area contributed by atoms with Crippen molar-refractivity contribution in [3.05, 3.63) is 72.8 Å². The van der Waals surface area contributed by atoms with Crippen LogP contribution in [0.25, 0.3) is 11.1 Å². The summed E-state index contributed by atoms with van der Waals surface area (Å²) < 4.78 is 0. The lowest BCUT2D eigenvalue weighted by atomic mass is 9.69. The van der Waals surface area contributed by atoms with Gasteiger partial charge in [0.2, 0.25) is 0 Å². The normalized spacial score (nSPS) is 13.9. The van der Waals surface area contributed by atoms with E-state index in [1.165, 1.54) is 47.7 Å². The zero-order valence-corrected chi connectivity index (χ0v) is 15.8. The van der Waals surface area contributed by atoms with Crippen LogP contribution in [0.2, 0.25) is 0 Å². The van der Waals surface area contributed by atoms with E-state index in [0.29, 0.717) is 0 Å². The van der Waals surface area contributed by atoms with Gasteiger partial charge in [-0.15, -0.1) is 13.2 Å². The number of fused-ring (bicyclic) bond motifs is 3. The maximum absolute atomic E-state index is 3.93. The molecule has 3 rings (SSSR count). The van der Waals surface area contributed by atoms with Crippen LogP contribution in [-0.2, 0) is 5.41 Å². The maximum Gasteiger partial charge on any atom is 0.139 e. The summed E-state index contributed by atoms with van der Waals surface area (Å²) in [4.78, 5) is 0. The zero-order chi connectivity index (χ0) is 17.9. The third-order valence-corrected chi connectivity index (χ3v) is 5.70. The first-order valence-electron chi connectivity index (χ1n) is 9.57. The van der Waals surface area contributed by atoms with Crippen LogP contribution in [0.4, 0.5) is 0 Å². The summed E-state index contributed by atoms with van der Waals surface area (Å²) in [5.41, 5.74) is 8.84. The lowest BCUT2D eigenvalue weighted by molar-refractivity contribution is 0.422. The Morgan fingerprint density at radius 3 is 1.60 bits per heavy atom. The molecular formula is C23H28B2. The maximum atomic E-state index is 3.93. The highest BCUT2D eigenvalue weighted by Crippen LogP contribution is 2.53. The summed E-state index contributed by atoms with van der Waals surface area (Å²) in [5, 5.41) is 0. The first-order chi connectivity index (χ1) is 12.1. The molecule has 0 aromatic heterocycles. The Morgan fingerprint density at radius 1 is 0.760 bits per heavy atom. The fraction of sp³-hybridized carbons (Fsp3) is 0.304. The number of unbranched alkanes of at least 4 members (excludes halogenated alkanes) is 2. The highest BCUT2D eigenvalue weighted by atomic mass is 14.4. The van der Waals surface area contributed by atoms with Crippen molar-refractivity contribution < 1.29 is 0 Å². The minimum atomic E-state index is 0.148. The van der Waals surface area contributed by atoms with E-state index in [2.05, 4.69) is 77.4 Å². The molecule has 0 saturated carbocycles. The number of benzene rings is 2. The third kappa shape index (κ3) is 3.27. The molecule has 0 spiro atoms. The van der Waals surface area contributed by atoms with Crippen molar-refractivity contribution in [2.24, 2.45) is 0 Å². The molecule has 0 fully saturated rings. The molecule has 2 aromatic carbocycles. The Bertz CT molecular complexity index is 721. The summed E-state index contributed by atoms with van der Waals surface area (Å²) in [7, 11) is 4.43. The highest BCUT2D eigenvalue weighted by Gasteiger charge is 2.41. The summed E-state index contributed by atoms with van der Waals surface area (Å²) >= 11 is 0.